The SMILES string of the molecule is CC(O)[C@](N)(C(=O)O)[C@@]1(O)O[C@H](CO)[C@@H](O)[C@H](O)[C@H]1N. The Kier molecular flexibility index (Phi) is 4.73. The maximum Gasteiger partial charge on any atom is 0.332 e. The zero-order chi connectivity index (χ0) is 15.9. The van der Waals surface area contributed by atoms with Gasteiger partial charge >= 0.3 is 5.97 Å². The van der Waals surface area contributed by atoms with E-state index >= 15 is 0 Å². The van der Waals surface area contributed by atoms with E-state index in [9.17, 15) is 25.2 Å². The molecule has 0 aromatic rings. The molecule has 0 aromatic carbocycles. The average Bonchev–Trinajstić information content (AvgIpc) is 2.38. The van der Waals surface area contributed by atoms with E-state index in [2.05, 4.69) is 0 Å². The van der Waals surface area contributed by atoms with Crippen molar-refractivity contribution >= 4 is 5.97 Å². The normalized spacial score (nSPS) is 42.8. The van der Waals surface area contributed by atoms with Crippen molar-refractivity contribution in [2.24, 2.45) is 11.5 Å². The third kappa shape index (κ3) is 2.19. The predicted octanol–water partition coefficient (Wildman–Crippen LogP) is -4.72. The van der Waals surface area contributed by atoms with Crippen molar-refractivity contribution in [2.45, 2.75) is 48.7 Å². The summed E-state index contributed by atoms with van der Waals surface area (Å²) in [5.41, 5.74) is 8.26. The second-order valence-corrected chi connectivity index (χ2v) is 4.89. The monoisotopic (exact) mass is 296 g/mol. The quantitative estimate of drug-likeness (QED) is 0.249. The number of carboxylic acid groups (broad SMARTS) is 1. The molecular weight excluding hydrogens is 276 g/mol. The van der Waals surface area contributed by atoms with Crippen LogP contribution in [0.4, 0.5) is 0 Å². The van der Waals surface area contributed by atoms with Gasteiger partial charge in [-0.25, -0.2) is 4.79 Å². The van der Waals surface area contributed by atoms with Crippen molar-refractivity contribution in [3.63, 3.8) is 0 Å². The molecule has 10 nitrogen and oxygen atoms in total. The Morgan fingerprint density at radius 1 is 1.45 bits per heavy atom. The fourth-order valence-corrected chi connectivity index (χ4v) is 2.19. The first kappa shape index (κ1) is 17.2. The van der Waals surface area contributed by atoms with Crippen LogP contribution in [0.3, 0.4) is 0 Å². The summed E-state index contributed by atoms with van der Waals surface area (Å²) in [5, 5.41) is 57.5. The van der Waals surface area contributed by atoms with E-state index < -0.39 is 54.4 Å². The fraction of sp³-hybridized carbons (Fsp3) is 0.900. The van der Waals surface area contributed by atoms with Crippen molar-refractivity contribution in [1.82, 2.24) is 0 Å². The number of carbonyl (C=O) groups is 1. The van der Waals surface area contributed by atoms with Crippen LogP contribution in [-0.2, 0) is 9.53 Å². The number of aliphatic carboxylic acids is 1. The minimum Gasteiger partial charge on any atom is -0.480 e. The van der Waals surface area contributed by atoms with E-state index in [4.69, 9.17) is 26.4 Å². The fourth-order valence-electron chi connectivity index (χ4n) is 2.19. The first-order chi connectivity index (χ1) is 9.03. The Bertz CT molecular complexity index is 378. The highest BCUT2D eigenvalue weighted by Gasteiger charge is 2.66. The molecule has 7 atom stereocenters. The van der Waals surface area contributed by atoms with Crippen molar-refractivity contribution in [1.29, 1.82) is 0 Å². The molecule has 118 valence electrons. The van der Waals surface area contributed by atoms with Crippen molar-refractivity contribution in [2.75, 3.05) is 6.61 Å². The topological polar surface area (TPSA) is 200 Å². The van der Waals surface area contributed by atoms with Crippen LogP contribution in [0, 0.1) is 0 Å². The maximum absolute atomic E-state index is 11.3. The number of hydrogen-bond acceptors (Lipinski definition) is 9. The molecule has 1 rings (SSSR count). The summed E-state index contributed by atoms with van der Waals surface area (Å²) in [5.74, 6) is -4.73. The van der Waals surface area contributed by atoms with Crippen LogP contribution in [0.5, 0.6) is 0 Å². The largest absolute Gasteiger partial charge is 0.480 e. The lowest BCUT2D eigenvalue weighted by Crippen LogP contribution is -2.83. The maximum atomic E-state index is 11.3. The summed E-state index contributed by atoms with van der Waals surface area (Å²) in [6, 6.07) is -1.82. The zero-order valence-electron chi connectivity index (χ0n) is 10.7. The summed E-state index contributed by atoms with van der Waals surface area (Å²) < 4.78 is 4.91. The van der Waals surface area contributed by atoms with E-state index in [0.717, 1.165) is 6.92 Å². The van der Waals surface area contributed by atoms with E-state index in [1.807, 2.05) is 0 Å². The molecule has 1 fully saturated rings. The number of carboxylic acids is 1. The van der Waals surface area contributed by atoms with Gasteiger partial charge in [-0.3, -0.25) is 0 Å². The van der Waals surface area contributed by atoms with Crippen LogP contribution in [0.15, 0.2) is 0 Å². The minimum absolute atomic E-state index is 0.831. The second kappa shape index (κ2) is 5.50. The summed E-state index contributed by atoms with van der Waals surface area (Å²) >= 11 is 0. The van der Waals surface area contributed by atoms with Gasteiger partial charge < -0.3 is 46.8 Å². The Labute approximate surface area is 114 Å². The highest BCUT2D eigenvalue weighted by atomic mass is 16.7. The Balaban J connectivity index is 3.33. The Morgan fingerprint density at radius 3 is 2.30 bits per heavy atom. The number of rotatable bonds is 4. The van der Waals surface area contributed by atoms with E-state index in [1.165, 1.54) is 0 Å². The zero-order valence-corrected chi connectivity index (χ0v) is 10.7. The van der Waals surface area contributed by atoms with Crippen LogP contribution >= 0.6 is 0 Å². The van der Waals surface area contributed by atoms with Crippen LogP contribution < -0.4 is 11.5 Å². The van der Waals surface area contributed by atoms with Gasteiger partial charge in [0.15, 0.2) is 5.54 Å². The highest BCUT2D eigenvalue weighted by molar-refractivity contribution is 5.81. The van der Waals surface area contributed by atoms with Gasteiger partial charge in [0, 0.05) is 0 Å². The summed E-state index contributed by atoms with van der Waals surface area (Å²) in [4.78, 5) is 11.3. The third-order valence-corrected chi connectivity index (χ3v) is 3.67. The molecule has 1 heterocycles. The predicted molar refractivity (Wildman–Crippen MR) is 63.1 cm³/mol. The van der Waals surface area contributed by atoms with Gasteiger partial charge in [0.2, 0.25) is 5.79 Å². The van der Waals surface area contributed by atoms with Gasteiger partial charge in [0.1, 0.15) is 18.3 Å². The molecule has 1 unspecified atom stereocenters. The standard InChI is InChI=1S/C10H20N2O8/c1-3(14)9(12,8(17)18)10(19)7(11)6(16)5(15)4(2-13)20-10/h3-7,13-16,19H,2,11-12H2,1H3,(H,17,18)/t3?,4-,5-,6+,7-,9+,10+/m1/s1. The van der Waals surface area contributed by atoms with E-state index in [-0.39, 0.29) is 0 Å². The molecule has 0 spiro atoms. The van der Waals surface area contributed by atoms with Crippen LogP contribution in [0.2, 0.25) is 0 Å². The highest BCUT2D eigenvalue weighted by Crippen LogP contribution is 2.36. The number of aliphatic hydroxyl groups excluding tert-OH is 4. The average molecular weight is 296 g/mol. The number of ether oxygens (including phenoxy) is 1. The van der Waals surface area contributed by atoms with Crippen LogP contribution in [0.25, 0.3) is 0 Å². The number of aliphatic hydroxyl groups is 5. The molecule has 0 amide bonds. The molecule has 10 heteroatoms. The minimum atomic E-state index is -2.90. The van der Waals surface area contributed by atoms with E-state index in [1.54, 1.807) is 0 Å². The molecule has 0 aliphatic carbocycles. The molecule has 0 aromatic heterocycles. The lowest BCUT2D eigenvalue weighted by Gasteiger charge is -2.52. The molecule has 0 saturated carbocycles. The van der Waals surface area contributed by atoms with E-state index in [0.29, 0.717) is 0 Å². The van der Waals surface area contributed by atoms with Gasteiger partial charge in [-0.2, -0.15) is 0 Å². The van der Waals surface area contributed by atoms with Crippen molar-refractivity contribution < 1.29 is 40.2 Å². The Hall–Kier alpha value is -0.850. The second-order valence-electron chi connectivity index (χ2n) is 4.89. The molecule has 1 aliphatic rings. The molecular formula is C10H20N2O8. The van der Waals surface area contributed by atoms with Crippen molar-refractivity contribution in [3.8, 4) is 0 Å². The number of hydrogen-bond donors (Lipinski definition) is 8. The molecule has 1 aliphatic heterocycles. The van der Waals surface area contributed by atoms with Gasteiger partial charge in [0.05, 0.1) is 18.8 Å². The number of nitrogens with two attached hydrogens (primary N) is 2. The van der Waals surface area contributed by atoms with Gasteiger partial charge in [0.25, 0.3) is 0 Å². The molecule has 10 N–H and O–H groups in total. The smallest absolute Gasteiger partial charge is 0.332 e. The molecule has 0 radical (unpaired) electrons. The lowest BCUT2D eigenvalue weighted by atomic mass is 9.75. The lowest BCUT2D eigenvalue weighted by molar-refractivity contribution is -0.343. The van der Waals surface area contributed by atoms with Crippen LogP contribution in [0.1, 0.15) is 6.92 Å². The summed E-state index contributed by atoms with van der Waals surface area (Å²) in [6.07, 6.45) is -6.79. The van der Waals surface area contributed by atoms with Gasteiger partial charge in [-0.1, -0.05) is 0 Å². The molecule has 1 saturated heterocycles. The Morgan fingerprint density at radius 2 is 1.95 bits per heavy atom. The summed E-state index contributed by atoms with van der Waals surface area (Å²) in [7, 11) is 0. The summed E-state index contributed by atoms with van der Waals surface area (Å²) in [6.45, 7) is 0.163. The third-order valence-electron chi connectivity index (χ3n) is 3.67. The first-order valence-corrected chi connectivity index (χ1v) is 5.87. The van der Waals surface area contributed by atoms with Gasteiger partial charge in [-0.05, 0) is 6.92 Å². The first-order valence-electron chi connectivity index (χ1n) is 5.87. The molecule has 20 heavy (non-hydrogen) atoms. The van der Waals surface area contributed by atoms with Crippen molar-refractivity contribution in [3.05, 3.63) is 0 Å². The van der Waals surface area contributed by atoms with Gasteiger partial charge in [-0.15, -0.1) is 0 Å². The van der Waals surface area contributed by atoms with Crippen LogP contribution in [-0.4, -0.2) is 85.0 Å². The molecule has 0 bridgehead atoms.